The highest BCUT2D eigenvalue weighted by molar-refractivity contribution is 6.03. The number of benzene rings is 1. The SMILES string of the molecule is Cc1cc(NC(=O)CN2C(=O)CCOc3ccccc32)no1. The fourth-order valence-electron chi connectivity index (χ4n) is 2.24. The Morgan fingerprint density at radius 2 is 2.23 bits per heavy atom. The second-order valence-electron chi connectivity index (χ2n) is 4.92. The van der Waals surface area contributed by atoms with E-state index < -0.39 is 0 Å². The summed E-state index contributed by atoms with van der Waals surface area (Å²) in [5.74, 6) is 1.02. The van der Waals surface area contributed by atoms with E-state index in [0.29, 0.717) is 29.6 Å². The van der Waals surface area contributed by atoms with Crippen LogP contribution in [0.15, 0.2) is 34.9 Å². The lowest BCUT2D eigenvalue weighted by Crippen LogP contribution is -2.37. The summed E-state index contributed by atoms with van der Waals surface area (Å²) in [4.78, 5) is 25.8. The Labute approximate surface area is 126 Å². The van der Waals surface area contributed by atoms with Gasteiger partial charge in [-0.1, -0.05) is 17.3 Å². The van der Waals surface area contributed by atoms with Gasteiger partial charge in [0, 0.05) is 6.07 Å². The van der Waals surface area contributed by atoms with Crippen LogP contribution in [0, 0.1) is 6.92 Å². The maximum atomic E-state index is 12.2. The molecule has 7 heteroatoms. The monoisotopic (exact) mass is 301 g/mol. The number of ether oxygens (including phenoxy) is 1. The first-order valence-electron chi connectivity index (χ1n) is 6.89. The number of amides is 2. The fraction of sp³-hybridized carbons (Fsp3) is 0.267. The number of hydrogen-bond acceptors (Lipinski definition) is 5. The van der Waals surface area contributed by atoms with Crippen LogP contribution in [0.1, 0.15) is 12.2 Å². The standard InChI is InChI=1S/C15H15N3O4/c1-10-8-13(17-22-10)16-14(19)9-18-11-4-2-3-5-12(11)21-7-6-15(18)20/h2-5,8H,6-7,9H2,1H3,(H,16,17,19). The number of aryl methyl sites for hydroxylation is 1. The van der Waals surface area contributed by atoms with Gasteiger partial charge in [-0.05, 0) is 19.1 Å². The van der Waals surface area contributed by atoms with Crippen LogP contribution in [0.25, 0.3) is 0 Å². The Bertz CT molecular complexity index is 710. The molecule has 0 saturated heterocycles. The van der Waals surface area contributed by atoms with Gasteiger partial charge < -0.3 is 14.6 Å². The predicted octanol–water partition coefficient (Wildman–Crippen LogP) is 1.74. The smallest absolute Gasteiger partial charge is 0.245 e. The number of aromatic nitrogens is 1. The minimum absolute atomic E-state index is 0.106. The van der Waals surface area contributed by atoms with Crippen molar-refractivity contribution in [3.63, 3.8) is 0 Å². The number of para-hydroxylation sites is 2. The summed E-state index contributed by atoms with van der Waals surface area (Å²) in [7, 11) is 0. The van der Waals surface area contributed by atoms with Crippen LogP contribution >= 0.6 is 0 Å². The van der Waals surface area contributed by atoms with Crippen molar-refractivity contribution in [3.05, 3.63) is 36.1 Å². The Morgan fingerprint density at radius 3 is 3.00 bits per heavy atom. The van der Waals surface area contributed by atoms with Crippen LogP contribution < -0.4 is 15.0 Å². The average molecular weight is 301 g/mol. The van der Waals surface area contributed by atoms with Gasteiger partial charge in [-0.15, -0.1) is 0 Å². The number of fused-ring (bicyclic) bond motifs is 1. The number of hydrogen-bond donors (Lipinski definition) is 1. The number of carbonyl (C=O) groups is 2. The Balaban J connectivity index is 1.77. The van der Waals surface area contributed by atoms with E-state index in [9.17, 15) is 9.59 Å². The summed E-state index contributed by atoms with van der Waals surface area (Å²) in [6.07, 6.45) is 0.227. The molecule has 22 heavy (non-hydrogen) atoms. The third-order valence-electron chi connectivity index (χ3n) is 3.23. The lowest BCUT2D eigenvalue weighted by Gasteiger charge is -2.20. The number of anilines is 2. The fourth-order valence-corrected chi connectivity index (χ4v) is 2.24. The maximum Gasteiger partial charge on any atom is 0.245 e. The lowest BCUT2D eigenvalue weighted by atomic mass is 10.2. The molecule has 1 aromatic heterocycles. The van der Waals surface area contributed by atoms with Gasteiger partial charge in [0.2, 0.25) is 11.8 Å². The second kappa shape index (κ2) is 5.88. The molecule has 7 nitrogen and oxygen atoms in total. The molecule has 2 amide bonds. The Morgan fingerprint density at radius 1 is 1.41 bits per heavy atom. The highest BCUT2D eigenvalue weighted by Gasteiger charge is 2.25. The topological polar surface area (TPSA) is 84.7 Å². The van der Waals surface area contributed by atoms with E-state index in [0.717, 1.165) is 0 Å². The summed E-state index contributed by atoms with van der Waals surface area (Å²) in [6, 6.07) is 8.77. The van der Waals surface area contributed by atoms with Crippen molar-refractivity contribution in [1.82, 2.24) is 5.16 Å². The van der Waals surface area contributed by atoms with E-state index in [1.54, 1.807) is 31.2 Å². The van der Waals surface area contributed by atoms with Crippen molar-refractivity contribution < 1.29 is 18.8 Å². The number of carbonyl (C=O) groups excluding carboxylic acids is 2. The van der Waals surface area contributed by atoms with E-state index in [1.165, 1.54) is 4.90 Å². The second-order valence-corrected chi connectivity index (χ2v) is 4.92. The Kier molecular flexibility index (Phi) is 3.78. The van der Waals surface area contributed by atoms with E-state index in [2.05, 4.69) is 10.5 Å². The van der Waals surface area contributed by atoms with Gasteiger partial charge in [0.25, 0.3) is 0 Å². The normalized spacial score (nSPS) is 14.0. The molecule has 0 unspecified atom stereocenters. The van der Waals surface area contributed by atoms with E-state index in [1.807, 2.05) is 6.07 Å². The zero-order valence-corrected chi connectivity index (χ0v) is 12.0. The molecule has 2 heterocycles. The summed E-state index contributed by atoms with van der Waals surface area (Å²) < 4.78 is 10.4. The van der Waals surface area contributed by atoms with Gasteiger partial charge >= 0.3 is 0 Å². The van der Waals surface area contributed by atoms with Crippen molar-refractivity contribution in [2.75, 3.05) is 23.4 Å². The molecular weight excluding hydrogens is 286 g/mol. The van der Waals surface area contributed by atoms with Crippen LogP contribution in [-0.4, -0.2) is 30.1 Å². The molecule has 114 valence electrons. The van der Waals surface area contributed by atoms with Crippen LogP contribution in [0.3, 0.4) is 0 Å². The Hall–Kier alpha value is -2.83. The van der Waals surface area contributed by atoms with Crippen LogP contribution in [-0.2, 0) is 9.59 Å². The molecule has 0 aliphatic carbocycles. The molecule has 2 aromatic rings. The molecule has 1 aliphatic heterocycles. The molecule has 0 spiro atoms. The zero-order valence-electron chi connectivity index (χ0n) is 12.0. The van der Waals surface area contributed by atoms with Crippen LogP contribution in [0.4, 0.5) is 11.5 Å². The summed E-state index contributed by atoms with van der Waals surface area (Å²) in [5, 5.41) is 6.30. The molecule has 0 atom stereocenters. The van der Waals surface area contributed by atoms with E-state index in [-0.39, 0.29) is 24.8 Å². The molecule has 0 radical (unpaired) electrons. The van der Waals surface area contributed by atoms with Crippen molar-refractivity contribution in [1.29, 1.82) is 0 Å². The predicted molar refractivity (Wildman–Crippen MR) is 78.8 cm³/mol. The number of nitrogens with zero attached hydrogens (tertiary/aromatic N) is 2. The van der Waals surface area contributed by atoms with Crippen molar-refractivity contribution in [3.8, 4) is 5.75 Å². The largest absolute Gasteiger partial charge is 0.491 e. The number of rotatable bonds is 3. The minimum Gasteiger partial charge on any atom is -0.491 e. The molecule has 1 N–H and O–H groups in total. The van der Waals surface area contributed by atoms with Gasteiger partial charge in [-0.25, -0.2) is 0 Å². The molecule has 3 rings (SSSR count). The van der Waals surface area contributed by atoms with Crippen LogP contribution in [0.5, 0.6) is 5.75 Å². The molecular formula is C15H15N3O4. The lowest BCUT2D eigenvalue weighted by molar-refractivity contribution is -0.121. The minimum atomic E-state index is -0.349. The third kappa shape index (κ3) is 2.93. The van der Waals surface area contributed by atoms with E-state index >= 15 is 0 Å². The maximum absolute atomic E-state index is 12.2. The van der Waals surface area contributed by atoms with Crippen LogP contribution in [0.2, 0.25) is 0 Å². The first-order chi connectivity index (χ1) is 10.6. The highest BCUT2D eigenvalue weighted by Crippen LogP contribution is 2.30. The van der Waals surface area contributed by atoms with Gasteiger partial charge in [0.1, 0.15) is 18.1 Å². The summed E-state index contributed by atoms with van der Waals surface area (Å²) in [5.41, 5.74) is 0.594. The van der Waals surface area contributed by atoms with Gasteiger partial charge in [0.15, 0.2) is 5.82 Å². The third-order valence-corrected chi connectivity index (χ3v) is 3.23. The first-order valence-corrected chi connectivity index (χ1v) is 6.89. The zero-order chi connectivity index (χ0) is 15.5. The van der Waals surface area contributed by atoms with Gasteiger partial charge in [-0.2, -0.15) is 0 Å². The quantitative estimate of drug-likeness (QED) is 0.933. The molecule has 1 aliphatic rings. The average Bonchev–Trinajstić information content (AvgIpc) is 2.83. The summed E-state index contributed by atoms with van der Waals surface area (Å²) >= 11 is 0. The first kappa shape index (κ1) is 14.1. The van der Waals surface area contributed by atoms with Gasteiger partial charge in [-0.3, -0.25) is 14.5 Å². The molecule has 0 bridgehead atoms. The molecule has 0 fully saturated rings. The van der Waals surface area contributed by atoms with E-state index in [4.69, 9.17) is 9.26 Å². The highest BCUT2D eigenvalue weighted by atomic mass is 16.5. The summed E-state index contributed by atoms with van der Waals surface area (Å²) in [6.45, 7) is 1.93. The number of nitrogens with one attached hydrogen (secondary N) is 1. The molecule has 1 aromatic carbocycles. The van der Waals surface area contributed by atoms with Crippen molar-refractivity contribution >= 4 is 23.3 Å². The van der Waals surface area contributed by atoms with Gasteiger partial charge in [0.05, 0.1) is 18.7 Å². The van der Waals surface area contributed by atoms with Crippen molar-refractivity contribution in [2.24, 2.45) is 0 Å². The van der Waals surface area contributed by atoms with Crippen molar-refractivity contribution in [2.45, 2.75) is 13.3 Å². The molecule has 0 saturated carbocycles.